The Bertz CT molecular complexity index is 1090. The van der Waals surface area contributed by atoms with Crippen LogP contribution in [0.15, 0.2) is 121 Å². The number of nitrogens with two attached hydrogens (primary N) is 1. The van der Waals surface area contributed by atoms with Gasteiger partial charge in [0.15, 0.2) is 0 Å². The average Bonchev–Trinajstić information content (AvgIpc) is 2.92. The molecule has 35 heavy (non-hydrogen) atoms. The Morgan fingerprint density at radius 3 is 1.57 bits per heavy atom. The molecule has 0 bridgehead atoms. The van der Waals surface area contributed by atoms with Crippen molar-refractivity contribution in [3.8, 4) is 0 Å². The zero-order chi connectivity index (χ0) is 24.1. The molecule has 2 nitrogen and oxygen atoms in total. The van der Waals surface area contributed by atoms with Gasteiger partial charge in [0.05, 0.1) is 0 Å². The van der Waals surface area contributed by atoms with Gasteiger partial charge in [0.2, 0.25) is 0 Å². The maximum Gasteiger partial charge on any atom is 0.0463 e. The van der Waals surface area contributed by atoms with E-state index < -0.39 is 0 Å². The largest absolute Gasteiger partial charge is 0.321 e. The quantitative estimate of drug-likeness (QED) is 0.309. The third-order valence-corrected chi connectivity index (χ3v) is 8.05. The Labute approximate surface area is 210 Å². The molecule has 0 aliphatic carbocycles. The van der Waals surface area contributed by atoms with Crippen LogP contribution >= 0.6 is 0 Å². The van der Waals surface area contributed by atoms with Crippen molar-refractivity contribution in [1.82, 2.24) is 4.90 Å². The van der Waals surface area contributed by atoms with Gasteiger partial charge >= 0.3 is 0 Å². The summed E-state index contributed by atoms with van der Waals surface area (Å²) < 4.78 is 0. The monoisotopic (exact) mass is 460 g/mol. The van der Waals surface area contributed by atoms with Crippen molar-refractivity contribution in [2.45, 2.75) is 43.2 Å². The molecule has 4 aromatic rings. The molecule has 5 rings (SSSR count). The Balaban J connectivity index is 1.47. The van der Waals surface area contributed by atoms with Crippen LogP contribution in [0.4, 0.5) is 0 Å². The number of hydrogen-bond acceptors (Lipinski definition) is 2. The van der Waals surface area contributed by atoms with Crippen LogP contribution in [0.3, 0.4) is 0 Å². The molecule has 1 aliphatic rings. The molecule has 2 unspecified atom stereocenters. The second-order valence-corrected chi connectivity index (χ2v) is 10.1. The van der Waals surface area contributed by atoms with Crippen LogP contribution in [0, 0.1) is 0 Å². The van der Waals surface area contributed by atoms with Crippen molar-refractivity contribution in [2.75, 3.05) is 13.1 Å². The van der Waals surface area contributed by atoms with Crippen molar-refractivity contribution in [1.29, 1.82) is 0 Å². The highest BCUT2D eigenvalue weighted by molar-refractivity contribution is 5.50. The van der Waals surface area contributed by atoms with E-state index >= 15 is 0 Å². The number of likely N-dealkylation sites (tertiary alicyclic amines) is 1. The second-order valence-electron chi connectivity index (χ2n) is 10.1. The third-order valence-electron chi connectivity index (χ3n) is 8.05. The first-order chi connectivity index (χ1) is 17.1. The van der Waals surface area contributed by atoms with Gasteiger partial charge in [-0.25, -0.2) is 0 Å². The van der Waals surface area contributed by atoms with Crippen LogP contribution in [-0.4, -0.2) is 24.0 Å². The number of hydrogen-bond donors (Lipinski definition) is 1. The van der Waals surface area contributed by atoms with E-state index in [1.807, 2.05) is 0 Å². The molecule has 1 saturated heterocycles. The van der Waals surface area contributed by atoms with Crippen molar-refractivity contribution in [2.24, 2.45) is 5.73 Å². The normalized spacial score (nSPS) is 21.0. The van der Waals surface area contributed by atoms with E-state index in [1.54, 1.807) is 0 Å². The summed E-state index contributed by atoms with van der Waals surface area (Å²) in [5, 5.41) is 0. The SMILES string of the molecule is CC1CC(N)(c2ccccc2)CCN1CCC(c1ccccc1)(c1ccccc1)c1ccccc1. The molecule has 2 heteroatoms. The summed E-state index contributed by atoms with van der Waals surface area (Å²) >= 11 is 0. The molecule has 0 radical (unpaired) electrons. The van der Waals surface area contributed by atoms with E-state index in [0.717, 1.165) is 32.4 Å². The predicted molar refractivity (Wildman–Crippen MR) is 146 cm³/mol. The molecule has 0 amide bonds. The van der Waals surface area contributed by atoms with Crippen LogP contribution < -0.4 is 5.73 Å². The molecule has 4 aromatic carbocycles. The molecular formula is C33H36N2. The number of piperidine rings is 1. The van der Waals surface area contributed by atoms with Crippen LogP contribution in [0.1, 0.15) is 48.4 Å². The standard InChI is InChI=1S/C33H36N2/c1-27-26-32(34,28-14-6-2-7-15-28)22-24-35(27)25-23-33(29-16-8-3-9-17-29,30-18-10-4-11-19-30)31-20-12-5-13-21-31/h2-21,27H,22-26,34H2,1H3. The fourth-order valence-electron chi connectivity index (χ4n) is 6.10. The Kier molecular flexibility index (Phi) is 6.86. The van der Waals surface area contributed by atoms with Crippen LogP contribution in [0.25, 0.3) is 0 Å². The minimum Gasteiger partial charge on any atom is -0.321 e. The highest BCUT2D eigenvalue weighted by atomic mass is 15.2. The maximum absolute atomic E-state index is 6.96. The molecule has 0 saturated carbocycles. The molecule has 1 aliphatic heterocycles. The van der Waals surface area contributed by atoms with Crippen molar-refractivity contribution in [3.05, 3.63) is 144 Å². The average molecular weight is 461 g/mol. The van der Waals surface area contributed by atoms with E-state index in [0.29, 0.717) is 6.04 Å². The fraction of sp³-hybridized carbons (Fsp3) is 0.273. The molecule has 0 aromatic heterocycles. The summed E-state index contributed by atoms with van der Waals surface area (Å²) in [7, 11) is 0. The Hall–Kier alpha value is -3.20. The molecule has 178 valence electrons. The minimum atomic E-state index is -0.243. The van der Waals surface area contributed by atoms with Gasteiger partial charge in [0.25, 0.3) is 0 Å². The first-order valence-corrected chi connectivity index (χ1v) is 12.9. The number of rotatable bonds is 7. The summed E-state index contributed by atoms with van der Waals surface area (Å²) in [4.78, 5) is 2.65. The highest BCUT2D eigenvalue weighted by Crippen LogP contribution is 2.43. The van der Waals surface area contributed by atoms with Gasteiger partial charge in [-0.3, -0.25) is 0 Å². The molecule has 0 spiro atoms. The first-order valence-electron chi connectivity index (χ1n) is 12.9. The second kappa shape index (κ2) is 10.2. The van der Waals surface area contributed by atoms with E-state index in [4.69, 9.17) is 5.73 Å². The zero-order valence-electron chi connectivity index (χ0n) is 20.7. The van der Waals surface area contributed by atoms with Crippen LogP contribution in [0.2, 0.25) is 0 Å². The lowest BCUT2D eigenvalue weighted by atomic mass is 9.67. The van der Waals surface area contributed by atoms with Crippen LogP contribution in [0.5, 0.6) is 0 Å². The molecule has 1 heterocycles. The minimum absolute atomic E-state index is 0.208. The van der Waals surface area contributed by atoms with Gasteiger partial charge in [-0.1, -0.05) is 121 Å². The Morgan fingerprint density at radius 2 is 1.14 bits per heavy atom. The van der Waals surface area contributed by atoms with Gasteiger partial charge in [0, 0.05) is 23.5 Å². The van der Waals surface area contributed by atoms with Gasteiger partial charge in [-0.05, 0) is 55.0 Å². The van der Waals surface area contributed by atoms with Gasteiger partial charge in [0.1, 0.15) is 0 Å². The fourth-order valence-corrected chi connectivity index (χ4v) is 6.10. The first kappa shape index (κ1) is 23.5. The van der Waals surface area contributed by atoms with E-state index in [9.17, 15) is 0 Å². The lowest BCUT2D eigenvalue weighted by Crippen LogP contribution is -2.53. The summed E-state index contributed by atoms with van der Waals surface area (Å²) in [5.74, 6) is 0. The number of nitrogens with zero attached hydrogens (tertiary/aromatic N) is 1. The summed E-state index contributed by atoms with van der Waals surface area (Å²) in [6.07, 6.45) is 2.97. The summed E-state index contributed by atoms with van der Waals surface area (Å²) in [6.45, 7) is 4.38. The van der Waals surface area contributed by atoms with E-state index in [-0.39, 0.29) is 11.0 Å². The molecule has 2 N–H and O–H groups in total. The summed E-state index contributed by atoms with van der Waals surface area (Å²) in [5.41, 5.74) is 11.8. The van der Waals surface area contributed by atoms with Gasteiger partial charge in [-0.15, -0.1) is 0 Å². The van der Waals surface area contributed by atoms with Gasteiger partial charge in [-0.2, -0.15) is 0 Å². The maximum atomic E-state index is 6.96. The molecule has 1 fully saturated rings. The van der Waals surface area contributed by atoms with Crippen molar-refractivity contribution in [3.63, 3.8) is 0 Å². The lowest BCUT2D eigenvalue weighted by Gasteiger charge is -2.45. The topological polar surface area (TPSA) is 29.3 Å². The highest BCUT2D eigenvalue weighted by Gasteiger charge is 2.40. The van der Waals surface area contributed by atoms with Crippen molar-refractivity contribution < 1.29 is 0 Å². The molecule has 2 atom stereocenters. The summed E-state index contributed by atoms with van der Waals surface area (Å²) in [6, 6.07) is 44.2. The lowest BCUT2D eigenvalue weighted by molar-refractivity contribution is 0.0994. The molecular weight excluding hydrogens is 424 g/mol. The smallest absolute Gasteiger partial charge is 0.0463 e. The van der Waals surface area contributed by atoms with Crippen molar-refractivity contribution >= 4 is 0 Å². The van der Waals surface area contributed by atoms with E-state index in [2.05, 4.69) is 133 Å². The third kappa shape index (κ3) is 4.69. The van der Waals surface area contributed by atoms with Gasteiger partial charge < -0.3 is 10.6 Å². The zero-order valence-corrected chi connectivity index (χ0v) is 20.7. The van der Waals surface area contributed by atoms with Crippen LogP contribution in [-0.2, 0) is 11.0 Å². The predicted octanol–water partition coefficient (Wildman–Crippen LogP) is 6.75. The Morgan fingerprint density at radius 1 is 0.714 bits per heavy atom. The van der Waals surface area contributed by atoms with E-state index in [1.165, 1.54) is 22.3 Å². The number of benzene rings is 4.